The molecule has 164 valence electrons. The summed E-state index contributed by atoms with van der Waals surface area (Å²) in [6.45, 7) is 6.16. The molecule has 0 saturated heterocycles. The fraction of sp³-hybridized carbons (Fsp3) is 0.208. The quantitative estimate of drug-likeness (QED) is 0.451. The smallest absolute Gasteiger partial charge is 0.279 e. The third kappa shape index (κ3) is 4.69. The Hall–Kier alpha value is -3.94. The molecule has 0 atom stereocenters. The van der Waals surface area contributed by atoms with Gasteiger partial charge in [-0.2, -0.15) is 5.10 Å². The summed E-state index contributed by atoms with van der Waals surface area (Å²) in [5.41, 5.74) is 3.49. The molecule has 0 spiro atoms. The number of ether oxygens (including phenoxy) is 1. The summed E-state index contributed by atoms with van der Waals surface area (Å²) >= 11 is 0. The summed E-state index contributed by atoms with van der Waals surface area (Å²) in [5.74, 6) is 0.765. The number of benzene rings is 2. The van der Waals surface area contributed by atoms with E-state index in [0.717, 1.165) is 5.56 Å². The Bertz CT molecular complexity index is 1260. The maximum absolute atomic E-state index is 13.9. The van der Waals surface area contributed by atoms with Gasteiger partial charge in [0.2, 0.25) is 0 Å². The molecule has 0 bridgehead atoms. The number of carbonyl (C=O) groups excluding carboxylic acids is 1. The van der Waals surface area contributed by atoms with Crippen molar-refractivity contribution in [3.63, 3.8) is 0 Å². The molecule has 0 radical (unpaired) electrons. The number of halogens is 1. The maximum Gasteiger partial charge on any atom is 0.279 e. The molecule has 0 fully saturated rings. The second-order valence-electron chi connectivity index (χ2n) is 7.54. The summed E-state index contributed by atoms with van der Waals surface area (Å²) in [7, 11) is 0. The van der Waals surface area contributed by atoms with E-state index in [1.165, 1.54) is 11.6 Å². The summed E-state index contributed by atoms with van der Waals surface area (Å²) in [4.78, 5) is 12.8. The van der Waals surface area contributed by atoms with E-state index in [2.05, 4.69) is 15.6 Å². The van der Waals surface area contributed by atoms with Crippen LogP contribution in [0.2, 0.25) is 0 Å². The van der Waals surface area contributed by atoms with Crippen LogP contribution in [-0.4, -0.2) is 20.8 Å². The highest BCUT2D eigenvalue weighted by molar-refractivity contribution is 6.03. The first kappa shape index (κ1) is 21.3. The molecule has 32 heavy (non-hydrogen) atoms. The van der Waals surface area contributed by atoms with E-state index >= 15 is 0 Å². The Kier molecular flexibility index (Phi) is 6.02. The topological polar surface area (TPSA) is 82.2 Å². The maximum atomic E-state index is 13.9. The van der Waals surface area contributed by atoms with Crippen LogP contribution in [0.4, 0.5) is 10.2 Å². The molecule has 8 heteroatoms. The van der Waals surface area contributed by atoms with E-state index in [1.807, 2.05) is 32.0 Å². The lowest BCUT2D eigenvalue weighted by molar-refractivity contribution is 0.101. The van der Waals surface area contributed by atoms with Gasteiger partial charge < -0.3 is 14.6 Å². The third-order valence-corrected chi connectivity index (χ3v) is 5.23. The lowest BCUT2D eigenvalue weighted by atomic mass is 10.1. The molecule has 2 aromatic carbocycles. The first-order valence-corrected chi connectivity index (χ1v) is 10.1. The van der Waals surface area contributed by atoms with Gasteiger partial charge in [-0.3, -0.25) is 9.48 Å². The van der Waals surface area contributed by atoms with Crippen molar-refractivity contribution in [2.45, 2.75) is 33.9 Å². The highest BCUT2D eigenvalue weighted by Crippen LogP contribution is 2.21. The van der Waals surface area contributed by atoms with Gasteiger partial charge in [0.15, 0.2) is 11.5 Å². The van der Waals surface area contributed by atoms with Gasteiger partial charge in [-0.15, -0.1) is 0 Å². The Morgan fingerprint density at radius 1 is 1.12 bits per heavy atom. The summed E-state index contributed by atoms with van der Waals surface area (Å²) < 4.78 is 26.5. The second-order valence-corrected chi connectivity index (χ2v) is 7.54. The minimum absolute atomic E-state index is 0.134. The van der Waals surface area contributed by atoms with Gasteiger partial charge in [0.1, 0.15) is 23.9 Å². The minimum atomic E-state index is -0.461. The minimum Gasteiger partial charge on any atom is -0.489 e. The van der Waals surface area contributed by atoms with Crippen LogP contribution in [0.25, 0.3) is 0 Å². The van der Waals surface area contributed by atoms with Crippen molar-refractivity contribution in [3.05, 3.63) is 94.3 Å². The lowest BCUT2D eigenvalue weighted by Gasteiger charge is -2.08. The third-order valence-electron chi connectivity index (χ3n) is 5.23. The molecule has 4 rings (SSSR count). The Morgan fingerprint density at radius 3 is 2.72 bits per heavy atom. The van der Waals surface area contributed by atoms with Crippen molar-refractivity contribution in [1.82, 2.24) is 14.9 Å². The molecule has 4 aromatic rings. The van der Waals surface area contributed by atoms with Crippen LogP contribution in [0.3, 0.4) is 0 Å². The van der Waals surface area contributed by atoms with Crippen molar-refractivity contribution >= 4 is 11.7 Å². The molecular weight excluding hydrogens is 411 g/mol. The average Bonchev–Trinajstić information content (AvgIpc) is 3.36. The van der Waals surface area contributed by atoms with Crippen LogP contribution < -0.4 is 10.1 Å². The van der Waals surface area contributed by atoms with E-state index in [0.29, 0.717) is 28.5 Å². The zero-order valence-corrected chi connectivity index (χ0v) is 18.1. The number of anilines is 1. The van der Waals surface area contributed by atoms with Crippen LogP contribution in [0.1, 0.15) is 38.5 Å². The highest BCUT2D eigenvalue weighted by Gasteiger charge is 2.21. The highest BCUT2D eigenvalue weighted by atomic mass is 19.1. The number of nitrogens with zero attached hydrogens (tertiary/aromatic N) is 3. The molecule has 0 aliphatic carbocycles. The van der Waals surface area contributed by atoms with Crippen LogP contribution in [0.5, 0.6) is 5.75 Å². The van der Waals surface area contributed by atoms with Crippen LogP contribution in [-0.2, 0) is 13.2 Å². The largest absolute Gasteiger partial charge is 0.489 e. The first-order valence-electron chi connectivity index (χ1n) is 10.1. The van der Waals surface area contributed by atoms with Crippen LogP contribution in [0.15, 0.2) is 59.3 Å². The molecule has 0 unspecified atom stereocenters. The van der Waals surface area contributed by atoms with Gasteiger partial charge in [0.05, 0.1) is 12.1 Å². The number of aryl methyl sites for hydroxylation is 3. The summed E-state index contributed by atoms with van der Waals surface area (Å²) in [6, 6.07) is 13.9. The standard InChI is InChI=1S/C24H23FN4O3/c1-15-8-9-19(12-16(15)2)31-14-20-17(3)32-28-23(20)24(30)26-22-10-11-29(27-22)13-18-6-4-5-7-21(18)25/h4-12H,13-14H2,1-3H3,(H,26,27,30). The number of hydrogen-bond acceptors (Lipinski definition) is 5. The number of hydrogen-bond donors (Lipinski definition) is 1. The van der Waals surface area contributed by atoms with Gasteiger partial charge >= 0.3 is 0 Å². The van der Waals surface area contributed by atoms with Gasteiger partial charge in [0, 0.05) is 17.8 Å². The summed E-state index contributed by atoms with van der Waals surface area (Å²) in [6.07, 6.45) is 1.67. The van der Waals surface area contributed by atoms with Gasteiger partial charge in [-0.1, -0.05) is 29.4 Å². The van der Waals surface area contributed by atoms with Crippen molar-refractivity contribution in [3.8, 4) is 5.75 Å². The van der Waals surface area contributed by atoms with Crippen molar-refractivity contribution < 1.29 is 18.4 Å². The first-order chi connectivity index (χ1) is 15.4. The molecule has 2 aromatic heterocycles. The second kappa shape index (κ2) is 9.05. The van der Waals surface area contributed by atoms with E-state index in [1.54, 1.807) is 42.1 Å². The monoisotopic (exact) mass is 434 g/mol. The van der Waals surface area contributed by atoms with Gasteiger partial charge in [-0.05, 0) is 50.1 Å². The van der Waals surface area contributed by atoms with Crippen molar-refractivity contribution in [2.24, 2.45) is 0 Å². The predicted molar refractivity (Wildman–Crippen MR) is 117 cm³/mol. The molecule has 1 N–H and O–H groups in total. The number of amides is 1. The van der Waals surface area contributed by atoms with E-state index < -0.39 is 5.91 Å². The Morgan fingerprint density at radius 2 is 1.94 bits per heavy atom. The fourth-order valence-electron chi connectivity index (χ4n) is 3.19. The zero-order chi connectivity index (χ0) is 22.7. The average molecular weight is 434 g/mol. The van der Waals surface area contributed by atoms with Crippen molar-refractivity contribution in [1.29, 1.82) is 0 Å². The fourth-order valence-corrected chi connectivity index (χ4v) is 3.19. The molecule has 0 aliphatic heterocycles. The number of rotatable bonds is 7. The number of nitrogens with one attached hydrogen (secondary N) is 1. The molecule has 1 amide bonds. The Labute approximate surface area is 184 Å². The van der Waals surface area contributed by atoms with Gasteiger partial charge in [0.25, 0.3) is 5.91 Å². The molecule has 0 aliphatic rings. The summed E-state index contributed by atoms with van der Waals surface area (Å²) in [5, 5.41) is 10.9. The van der Waals surface area contributed by atoms with Crippen molar-refractivity contribution in [2.75, 3.05) is 5.32 Å². The Balaban J connectivity index is 1.43. The van der Waals surface area contributed by atoms with Crippen LogP contribution in [0, 0.1) is 26.6 Å². The van der Waals surface area contributed by atoms with E-state index in [-0.39, 0.29) is 24.7 Å². The molecule has 7 nitrogen and oxygen atoms in total. The SMILES string of the molecule is Cc1ccc(OCc2c(C(=O)Nc3ccn(Cc4ccccc4F)n3)noc2C)cc1C. The van der Waals surface area contributed by atoms with E-state index in [9.17, 15) is 9.18 Å². The normalized spacial score (nSPS) is 10.9. The molecule has 2 heterocycles. The predicted octanol–water partition coefficient (Wildman–Crippen LogP) is 4.82. The number of carbonyl (C=O) groups is 1. The van der Waals surface area contributed by atoms with Gasteiger partial charge in [-0.25, -0.2) is 4.39 Å². The van der Waals surface area contributed by atoms with Crippen LogP contribution >= 0.6 is 0 Å². The van der Waals surface area contributed by atoms with E-state index in [4.69, 9.17) is 9.26 Å². The zero-order valence-electron chi connectivity index (χ0n) is 18.1. The molecular formula is C24H23FN4O3. The molecule has 0 saturated carbocycles. The lowest BCUT2D eigenvalue weighted by Crippen LogP contribution is -2.16. The number of aromatic nitrogens is 3.